The third kappa shape index (κ3) is 4.65. The van der Waals surface area contributed by atoms with E-state index >= 15 is 0 Å². The van der Waals surface area contributed by atoms with E-state index < -0.39 is 35.6 Å². The molecule has 0 saturated carbocycles. The SMILES string of the molecule is CC(C)(C)OC(=O)NC(C)(c1ccc(C#N)c(F)c1)c1cncn1CC(=O)O. The van der Waals surface area contributed by atoms with Gasteiger partial charge in [0.05, 0.1) is 23.8 Å². The lowest BCUT2D eigenvalue weighted by molar-refractivity contribution is -0.137. The van der Waals surface area contributed by atoms with Crippen molar-refractivity contribution in [2.24, 2.45) is 0 Å². The zero-order valence-electron chi connectivity index (χ0n) is 16.0. The highest BCUT2D eigenvalue weighted by Gasteiger charge is 2.36. The van der Waals surface area contributed by atoms with Crippen LogP contribution in [-0.4, -0.2) is 32.3 Å². The Labute approximate surface area is 161 Å². The zero-order chi connectivity index (χ0) is 21.1. The highest BCUT2D eigenvalue weighted by atomic mass is 19.1. The lowest BCUT2D eigenvalue weighted by Crippen LogP contribution is -2.47. The molecule has 2 rings (SSSR count). The first-order valence-corrected chi connectivity index (χ1v) is 8.40. The first-order chi connectivity index (χ1) is 13.0. The van der Waals surface area contributed by atoms with E-state index in [0.29, 0.717) is 11.3 Å². The van der Waals surface area contributed by atoms with Crippen LogP contribution in [0.15, 0.2) is 30.7 Å². The molecule has 0 spiro atoms. The summed E-state index contributed by atoms with van der Waals surface area (Å²) >= 11 is 0. The fourth-order valence-electron chi connectivity index (χ4n) is 2.72. The number of halogens is 1. The molecule has 0 saturated heterocycles. The molecule has 1 amide bonds. The van der Waals surface area contributed by atoms with Crippen molar-refractivity contribution in [3.8, 4) is 6.07 Å². The van der Waals surface area contributed by atoms with Crippen LogP contribution in [0.3, 0.4) is 0 Å². The molecule has 1 aromatic carbocycles. The fraction of sp³-hybridized carbons (Fsp3) is 0.368. The monoisotopic (exact) mass is 388 g/mol. The maximum Gasteiger partial charge on any atom is 0.408 e. The van der Waals surface area contributed by atoms with Crippen LogP contribution < -0.4 is 5.32 Å². The number of nitriles is 1. The van der Waals surface area contributed by atoms with Crippen LogP contribution in [0.5, 0.6) is 0 Å². The van der Waals surface area contributed by atoms with Crippen LogP contribution in [0.4, 0.5) is 9.18 Å². The molecule has 148 valence electrons. The van der Waals surface area contributed by atoms with E-state index in [1.807, 2.05) is 0 Å². The minimum atomic E-state index is -1.37. The van der Waals surface area contributed by atoms with E-state index in [1.165, 1.54) is 29.2 Å². The van der Waals surface area contributed by atoms with Gasteiger partial charge in [-0.2, -0.15) is 5.26 Å². The van der Waals surface area contributed by atoms with Crippen LogP contribution in [0.2, 0.25) is 0 Å². The lowest BCUT2D eigenvalue weighted by Gasteiger charge is -2.33. The predicted molar refractivity (Wildman–Crippen MR) is 96.8 cm³/mol. The molecule has 8 nitrogen and oxygen atoms in total. The van der Waals surface area contributed by atoms with Crippen molar-refractivity contribution in [3.05, 3.63) is 53.4 Å². The van der Waals surface area contributed by atoms with Crippen molar-refractivity contribution in [2.45, 2.75) is 45.4 Å². The quantitative estimate of drug-likeness (QED) is 0.813. The summed E-state index contributed by atoms with van der Waals surface area (Å²) in [5, 5.41) is 20.8. The van der Waals surface area contributed by atoms with Gasteiger partial charge in [0, 0.05) is 0 Å². The number of imidazole rings is 1. The molecule has 0 aliphatic rings. The van der Waals surface area contributed by atoms with Crippen LogP contribution in [0, 0.1) is 17.1 Å². The molecule has 2 N–H and O–H groups in total. The Morgan fingerprint density at radius 2 is 2.04 bits per heavy atom. The third-order valence-corrected chi connectivity index (χ3v) is 3.95. The molecule has 1 heterocycles. The Morgan fingerprint density at radius 3 is 2.57 bits per heavy atom. The van der Waals surface area contributed by atoms with E-state index in [-0.39, 0.29) is 5.56 Å². The number of hydrogen-bond donors (Lipinski definition) is 2. The number of carbonyl (C=O) groups is 2. The van der Waals surface area contributed by atoms with Crippen molar-refractivity contribution in [3.63, 3.8) is 0 Å². The van der Waals surface area contributed by atoms with Gasteiger partial charge in [-0.15, -0.1) is 0 Å². The van der Waals surface area contributed by atoms with Gasteiger partial charge in [0.15, 0.2) is 0 Å². The molecule has 1 atom stereocenters. The van der Waals surface area contributed by atoms with Gasteiger partial charge in [0.2, 0.25) is 0 Å². The summed E-state index contributed by atoms with van der Waals surface area (Å²) in [5.74, 6) is -1.87. The minimum absolute atomic E-state index is 0.151. The largest absolute Gasteiger partial charge is 0.480 e. The van der Waals surface area contributed by atoms with Crippen LogP contribution in [0.1, 0.15) is 44.5 Å². The number of alkyl carbamates (subject to hydrolysis) is 1. The van der Waals surface area contributed by atoms with Crippen molar-refractivity contribution in [2.75, 3.05) is 0 Å². The van der Waals surface area contributed by atoms with Gasteiger partial charge >= 0.3 is 12.1 Å². The van der Waals surface area contributed by atoms with E-state index in [4.69, 9.17) is 15.1 Å². The van der Waals surface area contributed by atoms with E-state index in [2.05, 4.69) is 10.3 Å². The van der Waals surface area contributed by atoms with Gasteiger partial charge in [0.1, 0.15) is 29.6 Å². The smallest absolute Gasteiger partial charge is 0.408 e. The Morgan fingerprint density at radius 1 is 1.36 bits per heavy atom. The topological polar surface area (TPSA) is 117 Å². The van der Waals surface area contributed by atoms with Crippen molar-refractivity contribution in [1.82, 2.24) is 14.9 Å². The summed E-state index contributed by atoms with van der Waals surface area (Å²) in [6.45, 7) is 6.26. The molecule has 0 aliphatic heterocycles. The van der Waals surface area contributed by atoms with Crippen molar-refractivity contribution < 1.29 is 23.8 Å². The van der Waals surface area contributed by atoms with Gasteiger partial charge in [-0.1, -0.05) is 6.07 Å². The number of aliphatic carboxylic acids is 1. The Kier molecular flexibility index (Phi) is 5.73. The molecule has 0 bridgehead atoms. The van der Waals surface area contributed by atoms with Gasteiger partial charge in [-0.05, 0) is 45.4 Å². The summed E-state index contributed by atoms with van der Waals surface area (Å²) < 4.78 is 20.9. The van der Waals surface area contributed by atoms with Crippen LogP contribution in [0.25, 0.3) is 0 Å². The Hall–Kier alpha value is -3.41. The van der Waals surface area contributed by atoms with Crippen LogP contribution >= 0.6 is 0 Å². The molecular formula is C19H21FN4O4. The highest BCUT2D eigenvalue weighted by molar-refractivity contribution is 5.70. The first-order valence-electron chi connectivity index (χ1n) is 8.40. The summed E-state index contributed by atoms with van der Waals surface area (Å²) in [6.07, 6.45) is 1.91. The highest BCUT2D eigenvalue weighted by Crippen LogP contribution is 2.31. The molecule has 0 radical (unpaired) electrons. The average molecular weight is 388 g/mol. The van der Waals surface area contributed by atoms with Gasteiger partial charge in [-0.3, -0.25) is 4.79 Å². The molecule has 9 heteroatoms. The normalized spacial score (nSPS) is 13.3. The fourth-order valence-corrected chi connectivity index (χ4v) is 2.72. The summed E-state index contributed by atoms with van der Waals surface area (Å²) in [5.41, 5.74) is -1.69. The van der Waals surface area contributed by atoms with Gasteiger partial charge in [0.25, 0.3) is 0 Å². The van der Waals surface area contributed by atoms with Crippen molar-refractivity contribution >= 4 is 12.1 Å². The number of aromatic nitrogens is 2. The number of nitrogens with zero attached hydrogens (tertiary/aromatic N) is 3. The molecule has 2 aromatic rings. The molecule has 0 fully saturated rings. The summed E-state index contributed by atoms with van der Waals surface area (Å²) in [4.78, 5) is 27.6. The number of rotatable bonds is 5. The second kappa shape index (κ2) is 7.68. The number of carboxylic acid groups (broad SMARTS) is 1. The zero-order valence-corrected chi connectivity index (χ0v) is 16.0. The molecule has 28 heavy (non-hydrogen) atoms. The average Bonchev–Trinajstić information content (AvgIpc) is 3.00. The second-order valence-electron chi connectivity index (χ2n) is 7.36. The third-order valence-electron chi connectivity index (χ3n) is 3.95. The Bertz CT molecular complexity index is 942. The lowest BCUT2D eigenvalue weighted by atomic mass is 9.88. The van der Waals surface area contributed by atoms with Gasteiger partial charge < -0.3 is 19.7 Å². The summed E-state index contributed by atoms with van der Waals surface area (Å²) in [7, 11) is 0. The van der Waals surface area contributed by atoms with Gasteiger partial charge in [-0.25, -0.2) is 14.2 Å². The number of nitrogens with one attached hydrogen (secondary N) is 1. The number of hydrogen-bond acceptors (Lipinski definition) is 5. The molecule has 0 aliphatic carbocycles. The Balaban J connectivity index is 2.57. The van der Waals surface area contributed by atoms with Crippen molar-refractivity contribution in [1.29, 1.82) is 5.26 Å². The predicted octanol–water partition coefficient (Wildman–Crippen LogP) is 2.77. The number of carboxylic acids is 1. The first kappa shape index (κ1) is 20.9. The number of benzene rings is 1. The maximum atomic E-state index is 14.3. The number of amides is 1. The van der Waals surface area contributed by atoms with Crippen LogP contribution in [-0.2, 0) is 21.6 Å². The standard InChI is InChI=1S/C19H21FN4O4/c1-18(2,3)28-17(27)23-19(4,13-6-5-12(8-21)14(20)7-13)15-9-22-11-24(15)10-16(25)26/h5-7,9,11H,10H2,1-4H3,(H,23,27)(H,25,26). The molecule has 1 unspecified atom stereocenters. The molecular weight excluding hydrogens is 367 g/mol. The number of ether oxygens (including phenoxy) is 1. The van der Waals surface area contributed by atoms with E-state index in [9.17, 15) is 14.0 Å². The maximum absolute atomic E-state index is 14.3. The minimum Gasteiger partial charge on any atom is -0.480 e. The van der Waals surface area contributed by atoms with E-state index in [1.54, 1.807) is 33.8 Å². The second-order valence-corrected chi connectivity index (χ2v) is 7.36. The molecule has 1 aromatic heterocycles. The number of carbonyl (C=O) groups excluding carboxylic acids is 1. The summed E-state index contributed by atoms with van der Waals surface area (Å²) in [6, 6.07) is 5.63. The van der Waals surface area contributed by atoms with E-state index in [0.717, 1.165) is 6.07 Å².